The molecule has 4 nitrogen and oxygen atoms in total. The molecular weight excluding hydrogens is 200 g/mol. The molecule has 2 aromatic heterocycles. The number of hydrogen-bond donors (Lipinski definition) is 1. The van der Waals surface area contributed by atoms with Crippen LogP contribution in [-0.2, 0) is 6.42 Å². The van der Waals surface area contributed by atoms with Crippen molar-refractivity contribution in [3.63, 3.8) is 0 Å². The predicted octanol–water partition coefficient (Wildman–Crippen LogP) is 1.79. The molecule has 0 unspecified atom stereocenters. The molecule has 0 atom stereocenters. The smallest absolute Gasteiger partial charge is 0.123 e. The van der Waals surface area contributed by atoms with Crippen molar-refractivity contribution in [1.82, 2.24) is 9.97 Å². The van der Waals surface area contributed by atoms with Crippen LogP contribution in [-0.4, -0.2) is 9.97 Å². The highest BCUT2D eigenvalue weighted by atomic mass is 14.8. The Labute approximate surface area is 93.4 Å². The van der Waals surface area contributed by atoms with Crippen LogP contribution >= 0.6 is 0 Å². The van der Waals surface area contributed by atoms with Crippen LogP contribution in [0.15, 0.2) is 36.7 Å². The van der Waals surface area contributed by atoms with Gasteiger partial charge in [-0.25, -0.2) is 4.98 Å². The van der Waals surface area contributed by atoms with E-state index in [1.54, 1.807) is 18.5 Å². The Morgan fingerprint density at radius 3 is 2.62 bits per heavy atom. The Hall–Kier alpha value is -2.41. The van der Waals surface area contributed by atoms with Crippen LogP contribution in [0, 0.1) is 11.3 Å². The van der Waals surface area contributed by atoms with Gasteiger partial charge in [-0.05, 0) is 29.8 Å². The number of rotatable bonds is 2. The monoisotopic (exact) mass is 210 g/mol. The molecular formula is C12H10N4. The first-order chi connectivity index (χ1) is 7.81. The average molecular weight is 210 g/mol. The third kappa shape index (κ3) is 1.98. The molecule has 0 fully saturated rings. The van der Waals surface area contributed by atoms with Crippen LogP contribution in [0.3, 0.4) is 0 Å². The number of hydrogen-bond acceptors (Lipinski definition) is 4. The molecule has 0 bridgehead atoms. The lowest BCUT2D eigenvalue weighted by Gasteiger charge is -2.06. The van der Waals surface area contributed by atoms with E-state index in [1.807, 2.05) is 18.2 Å². The van der Waals surface area contributed by atoms with E-state index in [9.17, 15) is 0 Å². The molecule has 2 heterocycles. The van der Waals surface area contributed by atoms with Crippen molar-refractivity contribution in [2.75, 3.05) is 5.73 Å². The highest BCUT2D eigenvalue weighted by Crippen LogP contribution is 2.22. The molecule has 0 spiro atoms. The summed E-state index contributed by atoms with van der Waals surface area (Å²) in [6.45, 7) is 0. The van der Waals surface area contributed by atoms with Crippen molar-refractivity contribution in [2.24, 2.45) is 0 Å². The number of pyridine rings is 2. The molecule has 78 valence electrons. The summed E-state index contributed by atoms with van der Waals surface area (Å²) >= 11 is 0. The van der Waals surface area contributed by atoms with Crippen LogP contribution < -0.4 is 5.73 Å². The molecule has 0 aliphatic heterocycles. The lowest BCUT2D eigenvalue weighted by atomic mass is 10.0. The van der Waals surface area contributed by atoms with Gasteiger partial charge in [0.15, 0.2) is 0 Å². The van der Waals surface area contributed by atoms with Crippen molar-refractivity contribution in [2.45, 2.75) is 6.42 Å². The zero-order valence-corrected chi connectivity index (χ0v) is 8.59. The normalized spacial score (nSPS) is 9.69. The molecule has 0 amide bonds. The van der Waals surface area contributed by atoms with E-state index in [0.717, 1.165) is 11.1 Å². The van der Waals surface area contributed by atoms with Crippen molar-refractivity contribution >= 4 is 5.82 Å². The molecule has 0 saturated heterocycles. The first-order valence-corrected chi connectivity index (χ1v) is 4.84. The third-order valence-electron chi connectivity index (χ3n) is 2.23. The van der Waals surface area contributed by atoms with Crippen LogP contribution in [0.5, 0.6) is 0 Å². The van der Waals surface area contributed by atoms with Gasteiger partial charge in [0.1, 0.15) is 5.82 Å². The summed E-state index contributed by atoms with van der Waals surface area (Å²) in [6.07, 6.45) is 3.67. The quantitative estimate of drug-likeness (QED) is 0.819. The first kappa shape index (κ1) is 10.1. The van der Waals surface area contributed by atoms with Gasteiger partial charge in [-0.15, -0.1) is 0 Å². The fraction of sp³-hybridized carbons (Fsp3) is 0.0833. The number of anilines is 1. The summed E-state index contributed by atoms with van der Waals surface area (Å²) in [7, 11) is 0. The maximum atomic E-state index is 8.74. The van der Waals surface area contributed by atoms with Crippen molar-refractivity contribution in [3.05, 3.63) is 42.4 Å². The van der Waals surface area contributed by atoms with Gasteiger partial charge in [0, 0.05) is 18.0 Å². The van der Waals surface area contributed by atoms with Crippen LogP contribution in [0.1, 0.15) is 5.69 Å². The van der Waals surface area contributed by atoms with Crippen LogP contribution in [0.25, 0.3) is 11.1 Å². The topological polar surface area (TPSA) is 75.6 Å². The number of nitriles is 1. The van der Waals surface area contributed by atoms with Gasteiger partial charge in [0.2, 0.25) is 0 Å². The van der Waals surface area contributed by atoms with Gasteiger partial charge in [0.25, 0.3) is 0 Å². The predicted molar refractivity (Wildman–Crippen MR) is 61.2 cm³/mol. The van der Waals surface area contributed by atoms with E-state index in [4.69, 9.17) is 11.0 Å². The van der Waals surface area contributed by atoms with E-state index in [1.165, 1.54) is 0 Å². The zero-order chi connectivity index (χ0) is 11.4. The fourth-order valence-electron chi connectivity index (χ4n) is 1.52. The molecule has 0 saturated carbocycles. The Morgan fingerprint density at radius 1 is 1.19 bits per heavy atom. The summed E-state index contributed by atoms with van der Waals surface area (Å²) in [4.78, 5) is 8.13. The SMILES string of the molecule is N#CCc1nc(N)ccc1-c1ccncc1. The summed E-state index contributed by atoms with van der Waals surface area (Å²) in [5.74, 6) is 0.433. The lowest BCUT2D eigenvalue weighted by Crippen LogP contribution is -1.98. The molecule has 2 N–H and O–H groups in total. The maximum Gasteiger partial charge on any atom is 0.123 e. The second-order valence-electron chi connectivity index (χ2n) is 3.30. The average Bonchev–Trinajstić information content (AvgIpc) is 2.31. The van der Waals surface area contributed by atoms with Crippen molar-refractivity contribution in [1.29, 1.82) is 5.26 Å². The summed E-state index contributed by atoms with van der Waals surface area (Å²) in [6, 6.07) is 9.47. The Morgan fingerprint density at radius 2 is 1.94 bits per heavy atom. The number of nitrogens with two attached hydrogens (primary N) is 1. The van der Waals surface area contributed by atoms with Gasteiger partial charge in [-0.1, -0.05) is 0 Å². The largest absolute Gasteiger partial charge is 0.384 e. The van der Waals surface area contributed by atoms with E-state index >= 15 is 0 Å². The number of nitrogen functional groups attached to an aromatic ring is 1. The second kappa shape index (κ2) is 4.41. The highest BCUT2D eigenvalue weighted by molar-refractivity contribution is 5.66. The summed E-state index contributed by atoms with van der Waals surface area (Å²) < 4.78 is 0. The third-order valence-corrected chi connectivity index (χ3v) is 2.23. The Balaban J connectivity index is 2.53. The van der Waals surface area contributed by atoms with Gasteiger partial charge in [0.05, 0.1) is 18.2 Å². The molecule has 2 aromatic rings. The van der Waals surface area contributed by atoms with Gasteiger partial charge < -0.3 is 5.73 Å². The minimum atomic E-state index is 0.253. The van der Waals surface area contributed by atoms with Gasteiger partial charge >= 0.3 is 0 Å². The lowest BCUT2D eigenvalue weighted by molar-refractivity contribution is 1.12. The molecule has 0 aromatic carbocycles. The second-order valence-corrected chi connectivity index (χ2v) is 3.30. The molecule has 16 heavy (non-hydrogen) atoms. The number of aromatic nitrogens is 2. The van der Waals surface area contributed by atoms with E-state index in [-0.39, 0.29) is 6.42 Å². The first-order valence-electron chi connectivity index (χ1n) is 4.84. The Bertz CT molecular complexity index is 528. The van der Waals surface area contributed by atoms with Crippen LogP contribution in [0.4, 0.5) is 5.82 Å². The summed E-state index contributed by atoms with van der Waals surface area (Å²) in [5, 5.41) is 8.74. The van der Waals surface area contributed by atoms with Gasteiger partial charge in [-0.2, -0.15) is 5.26 Å². The Kier molecular flexibility index (Phi) is 2.79. The highest BCUT2D eigenvalue weighted by Gasteiger charge is 2.06. The minimum absolute atomic E-state index is 0.253. The number of nitrogens with zero attached hydrogens (tertiary/aromatic N) is 3. The van der Waals surface area contributed by atoms with Crippen molar-refractivity contribution in [3.8, 4) is 17.2 Å². The van der Waals surface area contributed by atoms with Crippen molar-refractivity contribution < 1.29 is 0 Å². The van der Waals surface area contributed by atoms with E-state index in [2.05, 4.69) is 16.0 Å². The summed E-state index contributed by atoms with van der Waals surface area (Å²) in [5.41, 5.74) is 8.23. The molecule has 0 aliphatic carbocycles. The fourth-order valence-corrected chi connectivity index (χ4v) is 1.52. The molecule has 0 radical (unpaired) electrons. The molecule has 0 aliphatic rings. The van der Waals surface area contributed by atoms with Crippen LogP contribution in [0.2, 0.25) is 0 Å². The van der Waals surface area contributed by atoms with E-state index in [0.29, 0.717) is 11.5 Å². The molecule has 2 rings (SSSR count). The minimum Gasteiger partial charge on any atom is -0.384 e. The van der Waals surface area contributed by atoms with E-state index < -0.39 is 0 Å². The maximum absolute atomic E-state index is 8.74. The van der Waals surface area contributed by atoms with Gasteiger partial charge in [-0.3, -0.25) is 4.98 Å². The zero-order valence-electron chi connectivity index (χ0n) is 8.59. The standard InChI is InChI=1S/C12H10N4/c13-6-3-11-10(1-2-12(14)16-11)9-4-7-15-8-5-9/h1-2,4-5,7-8H,3H2,(H2,14,16). The molecule has 4 heteroatoms.